The van der Waals surface area contributed by atoms with Crippen molar-refractivity contribution in [3.05, 3.63) is 18.0 Å². The summed E-state index contributed by atoms with van der Waals surface area (Å²) in [5.41, 5.74) is -0.00524. The van der Waals surface area contributed by atoms with E-state index in [1.54, 1.807) is 20.8 Å². The van der Waals surface area contributed by atoms with Crippen LogP contribution in [0.4, 0.5) is 4.79 Å². The van der Waals surface area contributed by atoms with Crippen molar-refractivity contribution in [1.29, 1.82) is 0 Å². The molecule has 0 saturated carbocycles. The van der Waals surface area contributed by atoms with Crippen LogP contribution in [0.15, 0.2) is 12.4 Å². The number of carbonyl (C=O) groups is 2. The molecule has 0 fully saturated rings. The van der Waals surface area contributed by atoms with E-state index in [1.807, 2.05) is 0 Å². The number of hydrogen-bond acceptors (Lipinski definition) is 4. The lowest BCUT2D eigenvalue weighted by atomic mass is 10.2. The maximum atomic E-state index is 11.4. The monoisotopic (exact) mass is 225 g/mol. The molecule has 2 N–H and O–H groups in total. The Morgan fingerprint density at radius 3 is 2.75 bits per heavy atom. The molecule has 88 valence electrons. The van der Waals surface area contributed by atoms with E-state index < -0.39 is 17.7 Å². The maximum absolute atomic E-state index is 11.4. The summed E-state index contributed by atoms with van der Waals surface area (Å²) in [5.74, 6) is 0. The lowest BCUT2D eigenvalue weighted by molar-refractivity contribution is -0.109. The molecule has 6 nitrogen and oxygen atoms in total. The Labute approximate surface area is 93.4 Å². The molecule has 1 amide bonds. The largest absolute Gasteiger partial charge is 0.444 e. The number of aromatic amines is 1. The maximum Gasteiger partial charge on any atom is 0.408 e. The summed E-state index contributed by atoms with van der Waals surface area (Å²) in [6.07, 6.45) is 2.99. The van der Waals surface area contributed by atoms with E-state index in [4.69, 9.17) is 4.74 Å². The molecule has 0 saturated heterocycles. The summed E-state index contributed by atoms with van der Waals surface area (Å²) >= 11 is 0. The average molecular weight is 225 g/mol. The molecule has 1 aromatic heterocycles. The second-order valence-corrected chi connectivity index (χ2v) is 4.29. The number of nitrogens with one attached hydrogen (secondary N) is 2. The molecule has 1 heterocycles. The second kappa shape index (κ2) is 4.78. The van der Waals surface area contributed by atoms with Crippen LogP contribution >= 0.6 is 0 Å². The van der Waals surface area contributed by atoms with Crippen molar-refractivity contribution in [2.24, 2.45) is 0 Å². The molecule has 0 aliphatic rings. The van der Waals surface area contributed by atoms with Crippen molar-refractivity contribution < 1.29 is 14.3 Å². The number of hydrogen-bond donors (Lipinski definition) is 2. The molecule has 0 aromatic carbocycles. The minimum absolute atomic E-state index is 0.584. The fraction of sp³-hybridized carbons (Fsp3) is 0.500. The van der Waals surface area contributed by atoms with Gasteiger partial charge in [-0.25, -0.2) is 4.79 Å². The minimum Gasteiger partial charge on any atom is -0.444 e. The molecule has 0 aliphatic carbocycles. The van der Waals surface area contributed by atoms with E-state index in [0.717, 1.165) is 0 Å². The van der Waals surface area contributed by atoms with Crippen LogP contribution in [-0.4, -0.2) is 28.2 Å². The van der Waals surface area contributed by atoms with E-state index in [9.17, 15) is 9.59 Å². The molecular formula is C10H15N3O3. The number of nitrogens with zero attached hydrogens (tertiary/aromatic N) is 1. The number of rotatable bonds is 3. The van der Waals surface area contributed by atoms with Gasteiger partial charge in [0.1, 0.15) is 17.9 Å². The number of ether oxygens (including phenoxy) is 1. The molecule has 16 heavy (non-hydrogen) atoms. The molecule has 1 atom stereocenters. The Kier molecular flexibility index (Phi) is 3.65. The van der Waals surface area contributed by atoms with Gasteiger partial charge in [0.25, 0.3) is 0 Å². The highest BCUT2D eigenvalue weighted by atomic mass is 16.6. The quantitative estimate of drug-likeness (QED) is 0.756. The van der Waals surface area contributed by atoms with Gasteiger partial charge in [0, 0.05) is 11.8 Å². The van der Waals surface area contributed by atoms with Crippen LogP contribution in [0.3, 0.4) is 0 Å². The normalized spacial score (nSPS) is 12.9. The summed E-state index contributed by atoms with van der Waals surface area (Å²) in [6, 6.07) is -0.742. The standard InChI is InChI=1S/C10H15N3O3/c1-10(2,3)16-9(15)13-8(6-14)7-4-11-12-5-7/h4-6,8H,1-3H3,(H,11,12)(H,13,15). The Morgan fingerprint density at radius 2 is 2.31 bits per heavy atom. The first-order chi connectivity index (χ1) is 7.42. The number of alkyl carbamates (subject to hydrolysis) is 1. The van der Waals surface area contributed by atoms with Gasteiger partial charge in [0.15, 0.2) is 0 Å². The van der Waals surface area contributed by atoms with Gasteiger partial charge in [-0.2, -0.15) is 5.10 Å². The van der Waals surface area contributed by atoms with Gasteiger partial charge in [-0.3, -0.25) is 5.10 Å². The number of amides is 1. The molecule has 1 rings (SSSR count). The first-order valence-corrected chi connectivity index (χ1v) is 4.86. The zero-order valence-electron chi connectivity index (χ0n) is 9.48. The van der Waals surface area contributed by atoms with Crippen molar-refractivity contribution in [3.8, 4) is 0 Å². The van der Waals surface area contributed by atoms with Crippen LogP contribution in [0, 0.1) is 0 Å². The Hall–Kier alpha value is -1.85. The smallest absolute Gasteiger partial charge is 0.408 e. The molecule has 1 aromatic rings. The Bertz CT molecular complexity index is 354. The minimum atomic E-state index is -0.742. The predicted octanol–water partition coefficient (Wildman–Crippen LogP) is 1.17. The van der Waals surface area contributed by atoms with Crippen molar-refractivity contribution >= 4 is 12.4 Å². The zero-order valence-corrected chi connectivity index (χ0v) is 9.48. The lowest BCUT2D eigenvalue weighted by Gasteiger charge is -2.21. The van der Waals surface area contributed by atoms with Crippen LogP contribution < -0.4 is 5.32 Å². The summed E-state index contributed by atoms with van der Waals surface area (Å²) in [7, 11) is 0. The number of carbonyl (C=O) groups excluding carboxylic acids is 2. The first kappa shape index (κ1) is 12.2. The van der Waals surface area contributed by atoms with Crippen molar-refractivity contribution in [3.63, 3.8) is 0 Å². The van der Waals surface area contributed by atoms with Gasteiger partial charge in [-0.1, -0.05) is 0 Å². The van der Waals surface area contributed by atoms with Crippen LogP contribution in [0.25, 0.3) is 0 Å². The highest BCUT2D eigenvalue weighted by molar-refractivity contribution is 5.74. The zero-order chi connectivity index (χ0) is 12.2. The van der Waals surface area contributed by atoms with Crippen molar-refractivity contribution in [1.82, 2.24) is 15.5 Å². The fourth-order valence-corrected chi connectivity index (χ4v) is 1.06. The molecule has 0 radical (unpaired) electrons. The van der Waals surface area contributed by atoms with E-state index in [2.05, 4.69) is 15.5 Å². The summed E-state index contributed by atoms with van der Waals surface area (Å²) < 4.78 is 5.03. The molecule has 1 unspecified atom stereocenters. The highest BCUT2D eigenvalue weighted by Gasteiger charge is 2.20. The summed E-state index contributed by atoms with van der Waals surface area (Å²) in [6.45, 7) is 5.25. The lowest BCUT2D eigenvalue weighted by Crippen LogP contribution is -2.35. The van der Waals surface area contributed by atoms with Crippen molar-refractivity contribution in [2.45, 2.75) is 32.4 Å². The third-order valence-corrected chi connectivity index (χ3v) is 1.69. The molecule has 0 spiro atoms. The van der Waals surface area contributed by atoms with Gasteiger partial charge in [-0.05, 0) is 20.8 Å². The Morgan fingerprint density at radius 1 is 1.62 bits per heavy atom. The van der Waals surface area contributed by atoms with Crippen LogP contribution in [0.1, 0.15) is 32.4 Å². The summed E-state index contributed by atoms with van der Waals surface area (Å²) in [5, 5.41) is 8.70. The number of H-pyrrole nitrogens is 1. The van der Waals surface area contributed by atoms with Gasteiger partial charge >= 0.3 is 6.09 Å². The fourth-order valence-electron chi connectivity index (χ4n) is 1.06. The van der Waals surface area contributed by atoms with Gasteiger partial charge in [-0.15, -0.1) is 0 Å². The molecule has 0 bridgehead atoms. The molecule has 0 aliphatic heterocycles. The third-order valence-electron chi connectivity index (χ3n) is 1.69. The molecule has 6 heteroatoms. The topological polar surface area (TPSA) is 84.1 Å². The average Bonchev–Trinajstić information content (AvgIpc) is 2.63. The number of aromatic nitrogens is 2. The van der Waals surface area contributed by atoms with Crippen molar-refractivity contribution in [2.75, 3.05) is 0 Å². The predicted molar refractivity (Wildman–Crippen MR) is 56.8 cm³/mol. The first-order valence-electron chi connectivity index (χ1n) is 4.86. The van der Waals surface area contributed by atoms with E-state index in [0.29, 0.717) is 11.8 Å². The number of aldehydes is 1. The molecular weight excluding hydrogens is 210 g/mol. The van der Waals surface area contributed by atoms with E-state index in [-0.39, 0.29) is 0 Å². The Balaban J connectivity index is 2.58. The highest BCUT2D eigenvalue weighted by Crippen LogP contribution is 2.11. The van der Waals surface area contributed by atoms with Crippen LogP contribution in [0.5, 0.6) is 0 Å². The van der Waals surface area contributed by atoms with Crippen LogP contribution in [-0.2, 0) is 9.53 Å². The SMILES string of the molecule is CC(C)(C)OC(=O)NC(C=O)c1cn[nH]c1. The van der Waals surface area contributed by atoms with Crippen LogP contribution in [0.2, 0.25) is 0 Å². The van der Waals surface area contributed by atoms with Gasteiger partial charge < -0.3 is 14.8 Å². The van der Waals surface area contributed by atoms with Gasteiger partial charge in [0.05, 0.1) is 6.20 Å². The van der Waals surface area contributed by atoms with Gasteiger partial charge in [0.2, 0.25) is 0 Å². The van der Waals surface area contributed by atoms with E-state index >= 15 is 0 Å². The third kappa shape index (κ3) is 3.72. The summed E-state index contributed by atoms with van der Waals surface area (Å²) in [4.78, 5) is 22.2. The second-order valence-electron chi connectivity index (χ2n) is 4.29. The van der Waals surface area contributed by atoms with E-state index in [1.165, 1.54) is 12.4 Å².